The maximum absolute atomic E-state index is 17.0. The number of esters is 1. The van der Waals surface area contributed by atoms with E-state index in [2.05, 4.69) is 36.6 Å². The first-order valence-electron chi connectivity index (χ1n) is 42.7. The first kappa shape index (κ1) is 104. The molecule has 2 aromatic heterocycles. The molecule has 4 aliphatic heterocycles. The number of nitrogens with one attached hydrogen (secondary N) is 5. The molecular formula is C87H124F4N18O19. The predicted octanol–water partition coefficient (Wildman–Crippen LogP) is 6.94. The van der Waals surface area contributed by atoms with Gasteiger partial charge in [-0.3, -0.25) is 62.8 Å². The van der Waals surface area contributed by atoms with Crippen LogP contribution in [0.15, 0.2) is 60.9 Å². The maximum Gasteiger partial charge on any atom is 0.322 e. The third kappa shape index (κ3) is 29.6. The number of benzene rings is 2. The Morgan fingerprint density at radius 2 is 1.02 bits per heavy atom. The van der Waals surface area contributed by atoms with Gasteiger partial charge in [0.05, 0.1) is 117 Å². The SMILES string of the molecule is CC(=O)ON1CCNCCN(OC(C)=O)C(CC(=O)N2CCN(C(=O)NCCCCOc3ccc4nccc(C(=O)NCC(=O)N5CC(F)(F)C[C@H]5C#N)c4c3)CCN(CC(=O)OC(C)(C)C)CCN(C(=O)NCCCCOc3ccc4nccc(C(=O)NCC(=O)N5CC(F)(F)C[C@H]5C#N)c4c3)C(C(C)(C)C)C2(C(C)(C)C)C(C)(C)C)CN(OC(C)=O)CC1.O=CO. The Hall–Kier alpha value is -11.4. The highest BCUT2D eigenvalue weighted by atomic mass is 19.3. The first-order valence-corrected chi connectivity index (χ1v) is 42.7. The minimum atomic E-state index is -3.25. The number of carbonyl (C=O) groups excluding carboxylic acids is 11. The molecule has 37 nitrogen and oxygen atoms in total. The third-order valence-corrected chi connectivity index (χ3v) is 21.9. The van der Waals surface area contributed by atoms with Crippen LogP contribution in [0.2, 0.25) is 0 Å². The lowest BCUT2D eigenvalue weighted by atomic mass is 9.51. The molecule has 0 spiro atoms. The zero-order chi connectivity index (χ0) is 94.9. The highest BCUT2D eigenvalue weighted by Gasteiger charge is 2.65. The lowest BCUT2D eigenvalue weighted by Crippen LogP contribution is -2.79. The molecular weight excluding hydrogens is 1680 g/mol. The zero-order valence-corrected chi connectivity index (χ0v) is 75.8. The molecule has 0 bridgehead atoms. The van der Waals surface area contributed by atoms with E-state index in [1.54, 1.807) is 84.0 Å². The Morgan fingerprint density at radius 3 is 1.49 bits per heavy atom. The molecule has 4 saturated heterocycles. The smallest absolute Gasteiger partial charge is 0.322 e. The fraction of sp³-hybridized carbons (Fsp3) is 0.632. The second-order valence-corrected chi connectivity index (χ2v) is 36.0. The molecule has 8 rings (SSSR count). The van der Waals surface area contributed by atoms with E-state index in [0.29, 0.717) is 65.5 Å². The molecule has 4 aromatic rings. The van der Waals surface area contributed by atoms with Crippen molar-refractivity contribution in [1.82, 2.24) is 81.1 Å². The summed E-state index contributed by atoms with van der Waals surface area (Å²) < 4.78 is 75.1. The number of halogens is 4. The van der Waals surface area contributed by atoms with E-state index < -0.39 is 174 Å². The Labute approximate surface area is 743 Å². The van der Waals surface area contributed by atoms with E-state index >= 15 is 14.4 Å². The number of aromatic nitrogens is 2. The summed E-state index contributed by atoms with van der Waals surface area (Å²) in [6, 6.07) is 10.3. The van der Waals surface area contributed by atoms with Crippen molar-refractivity contribution in [2.75, 3.05) is 144 Å². The molecule has 2 aromatic carbocycles. The number of likely N-dealkylation sites (tertiary alicyclic amines) is 2. The van der Waals surface area contributed by atoms with Crippen LogP contribution >= 0.6 is 0 Å². The molecule has 4 fully saturated rings. The summed E-state index contributed by atoms with van der Waals surface area (Å²) in [5.41, 5.74) is -4.44. The molecule has 4 aliphatic rings. The fourth-order valence-electron chi connectivity index (χ4n) is 17.1. The van der Waals surface area contributed by atoms with Crippen LogP contribution in [0.3, 0.4) is 0 Å². The van der Waals surface area contributed by atoms with Crippen LogP contribution in [-0.2, 0) is 57.6 Å². The normalized spacial score (nSPS) is 19.6. The molecule has 0 saturated carbocycles. The minimum absolute atomic E-state index is 0.000877. The summed E-state index contributed by atoms with van der Waals surface area (Å²) in [6.45, 7) is 23.7. The second kappa shape index (κ2) is 46.0. The van der Waals surface area contributed by atoms with Crippen molar-refractivity contribution in [2.24, 2.45) is 16.2 Å². The van der Waals surface area contributed by atoms with Crippen LogP contribution in [-0.4, -0.2) is 323 Å². The number of fused-ring (bicyclic) bond motifs is 2. The average molecular weight is 1800 g/mol. The van der Waals surface area contributed by atoms with Crippen molar-refractivity contribution in [3.8, 4) is 23.6 Å². The number of rotatable bonds is 25. The van der Waals surface area contributed by atoms with Gasteiger partial charge in [0.15, 0.2) is 0 Å². The molecule has 6 heterocycles. The highest BCUT2D eigenvalue weighted by molar-refractivity contribution is 6.08. The van der Waals surface area contributed by atoms with E-state index in [9.17, 15) is 66.4 Å². The van der Waals surface area contributed by atoms with Crippen LogP contribution < -0.4 is 36.1 Å². The maximum atomic E-state index is 17.0. The predicted molar refractivity (Wildman–Crippen MR) is 458 cm³/mol. The zero-order valence-electron chi connectivity index (χ0n) is 75.8. The standard InChI is InChI=1S/C86H122F4N18O17.CH2O2/c1-57(109)123-102-32-30-93-31-33-108(125-59(3)111)60(53-103(39-38-102)124-58(2)110)44-71(112)107-41-37-101(78(118)96-26-16-18-42-120-63-20-22-69-67(45-63)65(24-28-94-69)75(116)98-51-72(113)105-55-84(87,88)47-61(105)49-91)36-34-100(54-74(115)122-83(13,14)15)35-40-104(77(80(4,5)6)86(107,81(7,8)9)82(10,11)12)79(119)97-27-17-19-43-121-64-21-23-70-68(46-64)66(25-29-95-70)76(117)99-52-73(114)106-56-85(89,90)48-62(106)50-92;2-1-3/h20-25,28-29,45-46,60-62,77,93H,16-19,26-27,30-44,47-48,51-56H2,1-15H3,(H,96,118)(H,97,119)(H,98,116)(H,99,117);1H,(H,2,3)/t60?,61-,62-,77?;/m0./s1. The monoisotopic (exact) mass is 1800 g/mol. The number of hydroxylamine groups is 6. The number of nitriles is 2. The number of carbonyl (C=O) groups is 12. The van der Waals surface area contributed by atoms with Gasteiger partial charge in [0, 0.05) is 142 Å². The number of unbranched alkanes of at least 4 members (excludes halogenated alkanes) is 2. The number of urea groups is 2. The van der Waals surface area contributed by atoms with Crippen LogP contribution in [0, 0.1) is 38.9 Å². The van der Waals surface area contributed by atoms with Gasteiger partial charge >= 0.3 is 35.9 Å². The van der Waals surface area contributed by atoms with Crippen molar-refractivity contribution < 1.29 is 109 Å². The number of ether oxygens (including phenoxy) is 3. The van der Waals surface area contributed by atoms with Gasteiger partial charge in [-0.1, -0.05) is 62.3 Å². The Balaban J connectivity index is 0.00000737. The molecule has 0 radical (unpaired) electrons. The molecule has 2 unspecified atom stereocenters. The number of nitrogens with zero attached hydrogens (tertiary/aromatic N) is 13. The largest absolute Gasteiger partial charge is 0.494 e. The molecule has 6 N–H and O–H groups in total. The van der Waals surface area contributed by atoms with Gasteiger partial charge in [-0.15, -0.1) is 15.2 Å². The van der Waals surface area contributed by atoms with E-state index in [1.807, 2.05) is 67.2 Å². The van der Waals surface area contributed by atoms with Gasteiger partial charge in [-0.2, -0.15) is 10.5 Å². The summed E-state index contributed by atoms with van der Waals surface area (Å²) in [7, 11) is 0. The van der Waals surface area contributed by atoms with Gasteiger partial charge in [0.1, 0.15) is 29.2 Å². The number of alkyl halides is 4. The summed E-state index contributed by atoms with van der Waals surface area (Å²) in [5, 5.41) is 45.2. The number of carboxylic acid groups (broad SMARTS) is 1. The molecule has 9 amide bonds. The van der Waals surface area contributed by atoms with Crippen molar-refractivity contribution in [2.45, 2.75) is 196 Å². The number of hydrogen-bond donors (Lipinski definition) is 6. The Morgan fingerprint density at radius 1 is 0.562 bits per heavy atom. The molecule has 4 atom stereocenters. The van der Waals surface area contributed by atoms with Gasteiger partial charge < -0.3 is 84.9 Å². The van der Waals surface area contributed by atoms with Crippen molar-refractivity contribution >= 4 is 93.8 Å². The average Bonchev–Trinajstić information content (AvgIpc) is 0.757. The van der Waals surface area contributed by atoms with Crippen LogP contribution in [0.5, 0.6) is 11.5 Å². The highest BCUT2D eigenvalue weighted by Crippen LogP contribution is 2.56. The molecule has 41 heteroatoms. The van der Waals surface area contributed by atoms with Gasteiger partial charge in [-0.25, -0.2) is 27.2 Å². The summed E-state index contributed by atoms with van der Waals surface area (Å²) in [4.78, 5) is 198. The molecule has 704 valence electrons. The minimum Gasteiger partial charge on any atom is -0.494 e. The van der Waals surface area contributed by atoms with E-state index in [-0.39, 0.29) is 129 Å². The first-order chi connectivity index (χ1) is 60.0. The quantitative estimate of drug-likeness (QED) is 0.0169. The van der Waals surface area contributed by atoms with Gasteiger partial charge in [-0.05, 0) is 111 Å². The van der Waals surface area contributed by atoms with E-state index in [0.717, 1.165) is 9.80 Å². The molecule has 128 heavy (non-hydrogen) atoms. The van der Waals surface area contributed by atoms with Gasteiger partial charge in [0.25, 0.3) is 30.1 Å². The summed E-state index contributed by atoms with van der Waals surface area (Å²) in [5.74, 6) is -12.0. The third-order valence-electron chi connectivity index (χ3n) is 21.9. The van der Waals surface area contributed by atoms with Crippen LogP contribution in [0.4, 0.5) is 27.2 Å². The van der Waals surface area contributed by atoms with Crippen molar-refractivity contribution in [3.63, 3.8) is 0 Å². The van der Waals surface area contributed by atoms with Crippen molar-refractivity contribution in [1.29, 1.82) is 10.5 Å². The lowest BCUT2D eigenvalue weighted by molar-refractivity contribution is -0.228. The van der Waals surface area contributed by atoms with Crippen LogP contribution in [0.1, 0.15) is 170 Å². The summed E-state index contributed by atoms with van der Waals surface area (Å²) in [6.07, 6.45) is 2.28. The number of amides is 9. The number of pyridine rings is 2. The topological polar surface area (TPSA) is 443 Å². The van der Waals surface area contributed by atoms with E-state index in [4.69, 9.17) is 38.6 Å². The van der Waals surface area contributed by atoms with E-state index in [1.165, 1.54) is 60.5 Å². The Kier molecular flexibility index (Phi) is 37.3. The number of hydrogen-bond acceptors (Lipinski definition) is 27. The second-order valence-electron chi connectivity index (χ2n) is 36.0. The Bertz CT molecular complexity index is 4630. The fourth-order valence-corrected chi connectivity index (χ4v) is 17.1. The lowest BCUT2D eigenvalue weighted by Gasteiger charge is -2.67. The van der Waals surface area contributed by atoms with Crippen molar-refractivity contribution in [3.05, 3.63) is 72.1 Å². The van der Waals surface area contributed by atoms with Gasteiger partial charge in [0.2, 0.25) is 17.7 Å². The molecule has 0 aliphatic carbocycles. The van der Waals surface area contributed by atoms with Crippen LogP contribution in [0.25, 0.3) is 21.8 Å². The summed E-state index contributed by atoms with van der Waals surface area (Å²) >= 11 is 0.